The average Bonchev–Trinajstić information content (AvgIpc) is 3.24. The van der Waals surface area contributed by atoms with E-state index in [-0.39, 0.29) is 17.2 Å². The van der Waals surface area contributed by atoms with Crippen molar-refractivity contribution >= 4 is 23.2 Å². The van der Waals surface area contributed by atoms with E-state index in [2.05, 4.69) is 6.92 Å². The first kappa shape index (κ1) is 18.4. The fraction of sp³-hybridized carbons (Fsp3) is 0.684. The number of aryl methyl sites for hydroxylation is 1. The highest BCUT2D eigenvalue weighted by molar-refractivity contribution is 7.10. The Morgan fingerprint density at radius 1 is 1.36 bits per heavy atom. The molecule has 0 saturated carbocycles. The van der Waals surface area contributed by atoms with Gasteiger partial charge < -0.3 is 14.5 Å². The Labute approximate surface area is 153 Å². The second-order valence-electron chi connectivity index (χ2n) is 7.20. The van der Waals surface area contributed by atoms with Gasteiger partial charge in [-0.25, -0.2) is 0 Å². The highest BCUT2D eigenvalue weighted by Crippen LogP contribution is 2.40. The van der Waals surface area contributed by atoms with Crippen LogP contribution in [0.1, 0.15) is 47.8 Å². The van der Waals surface area contributed by atoms with Crippen LogP contribution in [0.4, 0.5) is 0 Å². The van der Waals surface area contributed by atoms with Crippen molar-refractivity contribution in [2.45, 2.75) is 39.0 Å². The zero-order valence-electron chi connectivity index (χ0n) is 15.3. The van der Waals surface area contributed by atoms with Crippen LogP contribution in [-0.2, 0) is 16.0 Å². The van der Waals surface area contributed by atoms with E-state index in [4.69, 9.17) is 4.74 Å². The molecule has 0 N–H and O–H groups in total. The molecule has 3 rings (SSSR count). The summed E-state index contributed by atoms with van der Waals surface area (Å²) in [5.41, 5.74) is 0.411. The second kappa shape index (κ2) is 7.87. The lowest BCUT2D eigenvalue weighted by Gasteiger charge is -2.39. The van der Waals surface area contributed by atoms with Gasteiger partial charge >= 0.3 is 0 Å². The molecule has 0 aliphatic carbocycles. The summed E-state index contributed by atoms with van der Waals surface area (Å²) in [4.78, 5) is 30.9. The number of amides is 2. The summed E-state index contributed by atoms with van der Waals surface area (Å²) < 4.78 is 5.13. The molecule has 5 nitrogen and oxygen atoms in total. The number of hydrogen-bond donors (Lipinski definition) is 0. The van der Waals surface area contributed by atoms with Crippen LogP contribution in [0.25, 0.3) is 0 Å². The standard InChI is InChI=1S/C19H28N2O3S/c1-3-5-16-12-15(13-25-16)17(22)21-9-7-19(14-21)6-4-8-20(18(19)23)10-11-24-2/h12-13H,3-11,14H2,1-2H3. The van der Waals surface area contributed by atoms with Gasteiger partial charge in [0.25, 0.3) is 5.91 Å². The van der Waals surface area contributed by atoms with Crippen molar-refractivity contribution in [2.75, 3.05) is 39.9 Å². The topological polar surface area (TPSA) is 49.9 Å². The molecule has 1 spiro atoms. The van der Waals surface area contributed by atoms with Crippen molar-refractivity contribution < 1.29 is 14.3 Å². The third kappa shape index (κ3) is 3.75. The summed E-state index contributed by atoms with van der Waals surface area (Å²) in [6, 6.07) is 2.02. The SMILES string of the molecule is CCCc1cc(C(=O)N2CCC3(CCCN(CCOC)C3=O)C2)cs1. The molecule has 2 saturated heterocycles. The molecule has 0 bridgehead atoms. The molecule has 1 aromatic heterocycles. The molecule has 2 aliphatic heterocycles. The van der Waals surface area contributed by atoms with E-state index in [1.165, 1.54) is 4.88 Å². The number of carbonyl (C=O) groups excluding carboxylic acids is 2. The monoisotopic (exact) mass is 364 g/mol. The van der Waals surface area contributed by atoms with E-state index in [0.717, 1.165) is 44.2 Å². The van der Waals surface area contributed by atoms with Gasteiger partial charge in [0.15, 0.2) is 0 Å². The quantitative estimate of drug-likeness (QED) is 0.780. The van der Waals surface area contributed by atoms with Crippen LogP contribution >= 0.6 is 11.3 Å². The average molecular weight is 365 g/mol. The van der Waals surface area contributed by atoms with Gasteiger partial charge in [0.2, 0.25) is 5.91 Å². The highest BCUT2D eigenvalue weighted by Gasteiger charge is 2.49. The minimum atomic E-state index is -0.371. The third-order valence-electron chi connectivity index (χ3n) is 5.43. The van der Waals surface area contributed by atoms with Crippen LogP contribution in [-0.4, -0.2) is 61.5 Å². The number of rotatable bonds is 6. The van der Waals surface area contributed by atoms with Crippen LogP contribution in [0.5, 0.6) is 0 Å². The first-order chi connectivity index (χ1) is 12.1. The van der Waals surface area contributed by atoms with Crippen molar-refractivity contribution in [3.05, 3.63) is 21.9 Å². The fourth-order valence-electron chi connectivity index (χ4n) is 4.04. The van der Waals surface area contributed by atoms with Gasteiger partial charge in [-0.3, -0.25) is 9.59 Å². The van der Waals surface area contributed by atoms with Crippen LogP contribution < -0.4 is 0 Å². The number of methoxy groups -OCH3 is 1. The molecule has 3 heterocycles. The van der Waals surface area contributed by atoms with E-state index in [1.807, 2.05) is 21.2 Å². The van der Waals surface area contributed by atoms with E-state index < -0.39 is 0 Å². The molecule has 25 heavy (non-hydrogen) atoms. The first-order valence-electron chi connectivity index (χ1n) is 9.24. The summed E-state index contributed by atoms with van der Waals surface area (Å²) in [6.07, 6.45) is 4.80. The Hall–Kier alpha value is -1.40. The zero-order chi connectivity index (χ0) is 17.9. The lowest BCUT2D eigenvalue weighted by Crippen LogP contribution is -2.51. The smallest absolute Gasteiger partial charge is 0.254 e. The molecular formula is C19H28N2O3S. The van der Waals surface area contributed by atoms with Crippen LogP contribution in [0.15, 0.2) is 11.4 Å². The summed E-state index contributed by atoms with van der Waals surface area (Å²) in [5.74, 6) is 0.292. The lowest BCUT2D eigenvalue weighted by molar-refractivity contribution is -0.146. The third-order valence-corrected chi connectivity index (χ3v) is 6.42. The fourth-order valence-corrected chi connectivity index (χ4v) is 5.01. The molecule has 1 aromatic rings. The molecule has 2 aliphatic rings. The maximum atomic E-state index is 13.0. The van der Waals surface area contributed by atoms with Crippen molar-refractivity contribution in [1.29, 1.82) is 0 Å². The van der Waals surface area contributed by atoms with Gasteiger partial charge in [-0.2, -0.15) is 0 Å². The predicted molar refractivity (Wildman–Crippen MR) is 99.0 cm³/mol. The highest BCUT2D eigenvalue weighted by atomic mass is 32.1. The van der Waals surface area contributed by atoms with Gasteiger partial charge in [0, 0.05) is 43.5 Å². The molecule has 138 valence electrons. The maximum Gasteiger partial charge on any atom is 0.254 e. The normalized spacial score (nSPS) is 23.7. The van der Waals surface area contributed by atoms with E-state index in [9.17, 15) is 9.59 Å². The summed E-state index contributed by atoms with van der Waals surface area (Å²) in [5, 5.41) is 1.96. The number of thiophene rings is 1. The minimum absolute atomic E-state index is 0.0808. The van der Waals surface area contributed by atoms with Gasteiger partial charge in [-0.1, -0.05) is 13.3 Å². The zero-order valence-corrected chi connectivity index (χ0v) is 16.1. The Bertz CT molecular complexity index is 630. The number of hydrogen-bond acceptors (Lipinski definition) is 4. The van der Waals surface area contributed by atoms with Crippen molar-refractivity contribution in [3.63, 3.8) is 0 Å². The van der Waals surface area contributed by atoms with Crippen LogP contribution in [0.2, 0.25) is 0 Å². The maximum absolute atomic E-state index is 13.0. The lowest BCUT2D eigenvalue weighted by atomic mass is 9.78. The van der Waals surface area contributed by atoms with E-state index >= 15 is 0 Å². The molecule has 0 aromatic carbocycles. The van der Waals surface area contributed by atoms with E-state index in [1.54, 1.807) is 18.4 Å². The molecule has 2 amide bonds. The summed E-state index contributed by atoms with van der Waals surface area (Å²) >= 11 is 1.66. The molecular weight excluding hydrogens is 336 g/mol. The Morgan fingerprint density at radius 3 is 2.96 bits per heavy atom. The van der Waals surface area contributed by atoms with Gasteiger partial charge in [0.05, 0.1) is 17.6 Å². The first-order valence-corrected chi connectivity index (χ1v) is 10.1. The summed E-state index contributed by atoms with van der Waals surface area (Å²) in [7, 11) is 1.66. The second-order valence-corrected chi connectivity index (χ2v) is 8.19. The molecule has 6 heteroatoms. The number of carbonyl (C=O) groups is 2. The minimum Gasteiger partial charge on any atom is -0.383 e. The van der Waals surface area contributed by atoms with Gasteiger partial charge in [-0.05, 0) is 31.7 Å². The Balaban J connectivity index is 1.67. The molecule has 2 fully saturated rings. The number of ether oxygens (including phenoxy) is 1. The molecule has 1 unspecified atom stereocenters. The van der Waals surface area contributed by atoms with Crippen molar-refractivity contribution in [2.24, 2.45) is 5.41 Å². The molecule has 0 radical (unpaired) electrons. The summed E-state index contributed by atoms with van der Waals surface area (Å²) in [6.45, 7) is 5.42. The van der Waals surface area contributed by atoms with Crippen LogP contribution in [0, 0.1) is 5.41 Å². The number of likely N-dealkylation sites (tertiary alicyclic amines) is 2. The Kier molecular flexibility index (Phi) is 5.79. The molecule has 1 atom stereocenters. The van der Waals surface area contributed by atoms with Gasteiger partial charge in [0.1, 0.15) is 0 Å². The van der Waals surface area contributed by atoms with Crippen molar-refractivity contribution in [3.8, 4) is 0 Å². The van der Waals surface area contributed by atoms with Crippen molar-refractivity contribution in [1.82, 2.24) is 9.80 Å². The number of nitrogens with zero attached hydrogens (tertiary/aromatic N) is 2. The Morgan fingerprint density at radius 2 is 2.20 bits per heavy atom. The predicted octanol–water partition coefficient (Wildman–Crippen LogP) is 2.80. The largest absolute Gasteiger partial charge is 0.383 e. The van der Waals surface area contributed by atoms with Crippen LogP contribution in [0.3, 0.4) is 0 Å². The van der Waals surface area contributed by atoms with E-state index in [0.29, 0.717) is 26.2 Å². The van der Waals surface area contributed by atoms with Gasteiger partial charge in [-0.15, -0.1) is 11.3 Å². The number of piperidine rings is 1.